The molecule has 1 atom stereocenters. The molecule has 4 heteroatoms. The lowest BCUT2D eigenvalue weighted by atomic mass is 9.97. The van der Waals surface area contributed by atoms with Crippen LogP contribution < -0.4 is 5.32 Å². The molecule has 2 rings (SSSR count). The van der Waals surface area contributed by atoms with Gasteiger partial charge in [0.05, 0.1) is 5.60 Å². The number of carbonyl (C=O) groups excluding carboxylic acids is 1. The van der Waals surface area contributed by atoms with Crippen LogP contribution in [0.5, 0.6) is 0 Å². The van der Waals surface area contributed by atoms with Gasteiger partial charge in [-0.15, -0.1) is 0 Å². The molecule has 1 fully saturated rings. The molecule has 0 aromatic heterocycles. The molecule has 2 N–H and O–H groups in total. The van der Waals surface area contributed by atoms with Crippen LogP contribution in [0, 0.1) is 5.92 Å². The lowest BCUT2D eigenvalue weighted by Gasteiger charge is -2.21. The molecule has 0 saturated carbocycles. The first-order valence-electron chi connectivity index (χ1n) is 8.61. The number of nitrogens with one attached hydrogen (secondary N) is 1. The van der Waals surface area contributed by atoms with Gasteiger partial charge in [0, 0.05) is 25.3 Å². The summed E-state index contributed by atoms with van der Waals surface area (Å²) in [5, 5.41) is 12.8. The van der Waals surface area contributed by atoms with Crippen molar-refractivity contribution in [2.24, 2.45) is 5.92 Å². The van der Waals surface area contributed by atoms with E-state index in [1.165, 1.54) is 6.42 Å². The third-order valence-electron chi connectivity index (χ3n) is 4.31. The molecule has 0 spiro atoms. The highest BCUT2D eigenvalue weighted by atomic mass is 16.5. The number of carbonyl (C=O) groups is 1. The molecule has 0 unspecified atom stereocenters. The molecule has 0 bridgehead atoms. The molecule has 1 aromatic rings. The Morgan fingerprint density at radius 2 is 2.26 bits per heavy atom. The number of ether oxygens (including phenoxy) is 1. The second-order valence-corrected chi connectivity index (χ2v) is 7.14. The Bertz CT molecular complexity index is 502. The Hall–Kier alpha value is -1.39. The minimum absolute atomic E-state index is 0.0214. The van der Waals surface area contributed by atoms with Crippen molar-refractivity contribution in [1.29, 1.82) is 0 Å². The number of aryl methyl sites for hydroxylation is 1. The van der Waals surface area contributed by atoms with Crippen LogP contribution in [-0.4, -0.2) is 36.4 Å². The SMILES string of the molecule is CC(C)(O)CCc1cccc(C(=O)NCC[C@H]2CCCOC2)c1. The first-order valence-corrected chi connectivity index (χ1v) is 8.61. The molecular weight excluding hydrogens is 290 g/mol. The fourth-order valence-corrected chi connectivity index (χ4v) is 2.85. The van der Waals surface area contributed by atoms with Crippen LogP contribution in [0.3, 0.4) is 0 Å². The molecule has 1 heterocycles. The summed E-state index contributed by atoms with van der Waals surface area (Å²) >= 11 is 0. The molecule has 1 aliphatic rings. The zero-order valence-electron chi connectivity index (χ0n) is 14.3. The first-order chi connectivity index (χ1) is 10.9. The summed E-state index contributed by atoms with van der Waals surface area (Å²) in [6.45, 7) is 6.00. The summed E-state index contributed by atoms with van der Waals surface area (Å²) in [6.07, 6.45) is 4.75. The average Bonchev–Trinajstić information content (AvgIpc) is 2.53. The molecule has 23 heavy (non-hydrogen) atoms. The van der Waals surface area contributed by atoms with Crippen LogP contribution in [0.4, 0.5) is 0 Å². The number of amides is 1. The lowest BCUT2D eigenvalue weighted by molar-refractivity contribution is 0.0514. The van der Waals surface area contributed by atoms with E-state index in [0.29, 0.717) is 24.4 Å². The van der Waals surface area contributed by atoms with E-state index >= 15 is 0 Å². The van der Waals surface area contributed by atoms with Crippen molar-refractivity contribution in [2.75, 3.05) is 19.8 Å². The zero-order chi connectivity index (χ0) is 16.7. The maximum atomic E-state index is 12.2. The molecule has 0 aliphatic carbocycles. The molecule has 1 aliphatic heterocycles. The maximum absolute atomic E-state index is 12.2. The van der Waals surface area contributed by atoms with Gasteiger partial charge in [-0.2, -0.15) is 0 Å². The highest BCUT2D eigenvalue weighted by Crippen LogP contribution is 2.17. The van der Waals surface area contributed by atoms with E-state index in [1.807, 2.05) is 24.3 Å². The van der Waals surface area contributed by atoms with Gasteiger partial charge in [-0.1, -0.05) is 12.1 Å². The summed E-state index contributed by atoms with van der Waals surface area (Å²) in [6, 6.07) is 7.67. The Kier molecular flexibility index (Phi) is 6.60. The van der Waals surface area contributed by atoms with E-state index in [0.717, 1.165) is 38.0 Å². The molecular formula is C19H29NO3. The van der Waals surface area contributed by atoms with Gasteiger partial charge in [-0.25, -0.2) is 0 Å². The highest BCUT2D eigenvalue weighted by molar-refractivity contribution is 5.94. The van der Waals surface area contributed by atoms with Crippen LogP contribution in [0.1, 0.15) is 55.5 Å². The van der Waals surface area contributed by atoms with Crippen molar-refractivity contribution >= 4 is 5.91 Å². The Morgan fingerprint density at radius 3 is 2.96 bits per heavy atom. The van der Waals surface area contributed by atoms with Crippen molar-refractivity contribution in [3.8, 4) is 0 Å². The Morgan fingerprint density at radius 1 is 1.43 bits per heavy atom. The summed E-state index contributed by atoms with van der Waals surface area (Å²) in [4.78, 5) is 12.2. The fourth-order valence-electron chi connectivity index (χ4n) is 2.85. The number of benzene rings is 1. The molecule has 4 nitrogen and oxygen atoms in total. The van der Waals surface area contributed by atoms with E-state index < -0.39 is 5.60 Å². The number of aliphatic hydroxyl groups is 1. The van der Waals surface area contributed by atoms with Crippen molar-refractivity contribution in [3.63, 3.8) is 0 Å². The van der Waals surface area contributed by atoms with Gasteiger partial charge in [0.1, 0.15) is 0 Å². The van der Waals surface area contributed by atoms with Gasteiger partial charge in [-0.3, -0.25) is 4.79 Å². The van der Waals surface area contributed by atoms with E-state index in [4.69, 9.17) is 4.74 Å². The standard InChI is InChI=1S/C19H29NO3/c1-19(2,22)10-8-15-5-3-7-17(13-15)18(21)20-11-9-16-6-4-12-23-14-16/h3,5,7,13,16,22H,4,6,8-12,14H2,1-2H3,(H,20,21)/t16-/m1/s1. The Labute approximate surface area is 139 Å². The van der Waals surface area contributed by atoms with Crippen molar-refractivity contribution in [1.82, 2.24) is 5.32 Å². The second kappa shape index (κ2) is 8.46. The lowest BCUT2D eigenvalue weighted by Crippen LogP contribution is -2.28. The van der Waals surface area contributed by atoms with Gasteiger partial charge in [-0.05, 0) is 69.6 Å². The van der Waals surface area contributed by atoms with Crippen LogP contribution in [0.25, 0.3) is 0 Å². The summed E-state index contributed by atoms with van der Waals surface area (Å²) < 4.78 is 5.46. The maximum Gasteiger partial charge on any atom is 0.251 e. The smallest absolute Gasteiger partial charge is 0.251 e. The van der Waals surface area contributed by atoms with Crippen molar-refractivity contribution in [2.45, 2.75) is 51.6 Å². The quantitative estimate of drug-likeness (QED) is 0.812. The predicted octanol–water partition coefficient (Wildman–Crippen LogP) is 2.94. The van der Waals surface area contributed by atoms with E-state index in [1.54, 1.807) is 13.8 Å². The van der Waals surface area contributed by atoms with Crippen LogP contribution in [0.15, 0.2) is 24.3 Å². The molecule has 1 aromatic carbocycles. The largest absolute Gasteiger partial charge is 0.390 e. The Balaban J connectivity index is 1.79. The van der Waals surface area contributed by atoms with Crippen molar-refractivity contribution < 1.29 is 14.6 Å². The average molecular weight is 319 g/mol. The van der Waals surface area contributed by atoms with Crippen LogP contribution in [-0.2, 0) is 11.2 Å². The molecule has 1 saturated heterocycles. The summed E-state index contributed by atoms with van der Waals surface area (Å²) in [7, 11) is 0. The van der Waals surface area contributed by atoms with Gasteiger partial charge < -0.3 is 15.2 Å². The summed E-state index contributed by atoms with van der Waals surface area (Å²) in [5.41, 5.74) is 1.10. The fraction of sp³-hybridized carbons (Fsp3) is 0.632. The summed E-state index contributed by atoms with van der Waals surface area (Å²) in [5.74, 6) is 0.550. The van der Waals surface area contributed by atoms with Crippen LogP contribution >= 0.6 is 0 Å². The second-order valence-electron chi connectivity index (χ2n) is 7.14. The van der Waals surface area contributed by atoms with E-state index in [9.17, 15) is 9.90 Å². The van der Waals surface area contributed by atoms with Gasteiger partial charge in [0.15, 0.2) is 0 Å². The third-order valence-corrected chi connectivity index (χ3v) is 4.31. The predicted molar refractivity (Wildman–Crippen MR) is 91.6 cm³/mol. The molecule has 0 radical (unpaired) electrons. The van der Waals surface area contributed by atoms with Gasteiger partial charge in [0.2, 0.25) is 0 Å². The van der Waals surface area contributed by atoms with Gasteiger partial charge in [0.25, 0.3) is 5.91 Å². The minimum atomic E-state index is -0.680. The van der Waals surface area contributed by atoms with Crippen molar-refractivity contribution in [3.05, 3.63) is 35.4 Å². The highest BCUT2D eigenvalue weighted by Gasteiger charge is 2.15. The molecule has 1 amide bonds. The number of hydrogen-bond donors (Lipinski definition) is 2. The van der Waals surface area contributed by atoms with Crippen LogP contribution in [0.2, 0.25) is 0 Å². The zero-order valence-corrected chi connectivity index (χ0v) is 14.3. The normalized spacial score (nSPS) is 18.7. The molecule has 128 valence electrons. The number of rotatable bonds is 7. The number of hydrogen-bond acceptors (Lipinski definition) is 3. The topological polar surface area (TPSA) is 58.6 Å². The monoisotopic (exact) mass is 319 g/mol. The minimum Gasteiger partial charge on any atom is -0.390 e. The van der Waals surface area contributed by atoms with E-state index in [-0.39, 0.29) is 5.91 Å². The third kappa shape index (κ3) is 6.71. The van der Waals surface area contributed by atoms with E-state index in [2.05, 4.69) is 5.32 Å². The first kappa shape index (κ1) is 18.0. The van der Waals surface area contributed by atoms with Gasteiger partial charge >= 0.3 is 0 Å².